The van der Waals surface area contributed by atoms with Crippen LogP contribution in [0.3, 0.4) is 0 Å². The summed E-state index contributed by atoms with van der Waals surface area (Å²) in [6.45, 7) is 0. The first kappa shape index (κ1) is 69.6. The highest BCUT2D eigenvalue weighted by Gasteiger charge is 2.53. The summed E-state index contributed by atoms with van der Waals surface area (Å²) in [6, 6.07) is 150. The molecule has 26 rings (SSSR count). The average Bonchev–Trinajstić information content (AvgIpc) is 1.52. The fraction of sp³-hybridized carbons (Fsp3) is 0.0174. The molecule has 22 aromatic rings. The van der Waals surface area contributed by atoms with Gasteiger partial charge in [-0.1, -0.05) is 309 Å². The highest BCUT2D eigenvalue weighted by atomic mass is 32.2. The van der Waals surface area contributed by atoms with Gasteiger partial charge in [-0.15, -0.1) is 0 Å². The Morgan fingerprint density at radius 3 is 1.26 bits per heavy atom. The van der Waals surface area contributed by atoms with Gasteiger partial charge in [0.1, 0.15) is 0 Å². The van der Waals surface area contributed by atoms with Crippen LogP contribution in [-0.2, 0) is 10.8 Å². The number of rotatable bonds is 8. The van der Waals surface area contributed by atoms with Crippen molar-refractivity contribution in [2.75, 3.05) is 0 Å². The van der Waals surface area contributed by atoms with E-state index in [1.807, 2.05) is 47.8 Å². The molecule has 2 aliphatic carbocycles. The van der Waals surface area contributed by atoms with Gasteiger partial charge >= 0.3 is 0 Å². The van der Waals surface area contributed by atoms with Gasteiger partial charge in [-0.05, 0) is 221 Å². The summed E-state index contributed by atoms with van der Waals surface area (Å²) in [6.07, 6.45) is 0. The predicted octanol–water partition coefficient (Wildman–Crippen LogP) is 29.3. The molecule has 0 atom stereocenters. The summed E-state index contributed by atoms with van der Waals surface area (Å²) in [5.41, 5.74) is 34.9. The normalized spacial score (nSPS) is 13.4. The maximum Gasteiger partial charge on any atom is 0.0991 e. The zero-order valence-corrected chi connectivity index (χ0v) is 67.7. The van der Waals surface area contributed by atoms with Crippen molar-refractivity contribution in [3.8, 4) is 112 Å². The lowest BCUT2D eigenvalue weighted by Gasteiger charge is -2.40. The molecule has 0 bridgehead atoms. The van der Waals surface area contributed by atoms with Crippen LogP contribution in [0.15, 0.2) is 420 Å². The minimum absolute atomic E-state index is 0.636. The lowest BCUT2D eigenvalue weighted by atomic mass is 9.66. The number of hydrogen-bond donors (Lipinski definition) is 0. The third-order valence-corrected chi connectivity index (χ3v) is 28.7. The van der Waals surface area contributed by atoms with E-state index >= 15 is 0 Å². The van der Waals surface area contributed by atoms with Crippen LogP contribution in [-0.4, -0.2) is 24.5 Å². The fourth-order valence-corrected chi connectivity index (χ4v) is 23.6. The summed E-state index contributed by atoms with van der Waals surface area (Å²) in [5.74, 6) is 0. The topological polar surface area (TPSA) is 80.3 Å². The third-order valence-electron chi connectivity index (χ3n) is 26.5. The lowest BCUT2D eigenvalue weighted by molar-refractivity contribution is 0.724. The molecule has 0 fully saturated rings. The molecule has 0 saturated heterocycles. The van der Waals surface area contributed by atoms with Crippen molar-refractivity contribution in [1.29, 1.82) is 5.26 Å². The van der Waals surface area contributed by atoms with Crippen LogP contribution >= 0.6 is 23.5 Å². The number of hydrogen-bond acceptors (Lipinski definition) is 7. The van der Waals surface area contributed by atoms with Crippen LogP contribution in [0.1, 0.15) is 50.1 Å². The molecule has 0 N–H and O–H groups in total. The van der Waals surface area contributed by atoms with Crippen molar-refractivity contribution in [2.24, 2.45) is 0 Å². The summed E-state index contributed by atoms with van der Waals surface area (Å²) < 4.78 is 2.34. The van der Waals surface area contributed by atoms with Crippen molar-refractivity contribution >= 4 is 99.7 Å². The van der Waals surface area contributed by atoms with Crippen molar-refractivity contribution in [3.63, 3.8) is 0 Å². The summed E-state index contributed by atoms with van der Waals surface area (Å²) in [4.78, 5) is 27.6. The Balaban J connectivity index is 0.726. The molecule has 18 aromatic carbocycles. The van der Waals surface area contributed by atoms with E-state index in [1.165, 1.54) is 86.3 Å². The molecule has 0 radical (unpaired) electrons. The van der Waals surface area contributed by atoms with Crippen molar-refractivity contribution in [3.05, 3.63) is 450 Å². The van der Waals surface area contributed by atoms with Gasteiger partial charge in [0.2, 0.25) is 0 Å². The van der Waals surface area contributed by atoms with Crippen LogP contribution < -0.4 is 0 Å². The van der Waals surface area contributed by atoms with Gasteiger partial charge in [0.25, 0.3) is 0 Å². The molecular weight excluding hydrogens is 1530 g/mol. The van der Waals surface area contributed by atoms with E-state index < -0.39 is 10.8 Å². The second kappa shape index (κ2) is 26.8. The molecule has 4 aromatic heterocycles. The Morgan fingerprint density at radius 2 is 0.667 bits per heavy atom. The maximum absolute atomic E-state index is 10.2. The van der Waals surface area contributed by atoms with Crippen LogP contribution in [0.4, 0.5) is 0 Å². The Kier molecular flexibility index (Phi) is 15.2. The number of nitrogens with zero attached hydrogens (tertiary/aromatic N) is 6. The van der Waals surface area contributed by atoms with E-state index in [0.717, 1.165) is 160 Å². The molecule has 8 heteroatoms. The van der Waals surface area contributed by atoms with Crippen molar-refractivity contribution < 1.29 is 0 Å². The maximum atomic E-state index is 10.2. The van der Waals surface area contributed by atoms with Crippen LogP contribution in [0.5, 0.6) is 0 Å². The standard InChI is InChI=1S/C115H66N6S2/c116-67-68-45-55-104-88(57-68)83-37-17-23-43-103(83)121(104)78-51-46-69(47-52-78)77-59-84(113-89(60-77)86-64-98-107(66-91(86)110(120-113)71-27-7-2-8-28-71)122-105-44-24-22-42-96(105)114(98)92-38-18-13-33-79(92)80-34-14-19-39-93(80)114)76-50-56-106-97(61-76)115(94-40-20-15-35-81(94)82-36-16-21-41-95(82)115)99-63-85-87-58-74(48-53-100(87)117-109(70-25-5-1-6-26-70)90(85)65-108(99)123-106)75-49-54-101-102(62-75)119-112(73-31-11-4-12-32-73)111(118-101)72-29-9-3-10-30-72/h1-66H. The predicted molar refractivity (Wildman–Crippen MR) is 505 cm³/mol. The van der Waals surface area contributed by atoms with Crippen molar-refractivity contribution in [1.82, 2.24) is 24.5 Å². The highest BCUT2D eigenvalue weighted by molar-refractivity contribution is 7.99. The van der Waals surface area contributed by atoms with Crippen LogP contribution in [0.25, 0.3) is 183 Å². The number of para-hydroxylation sites is 1. The SMILES string of the molecule is N#Cc1ccc2c(c1)c1ccccc1n2-c1ccc(-c2cc(-c3ccc4c(c3)C3(c5cc6c(cc5S4)c(-c4ccccc4)nc4ccc(-c5ccc7nc(-c8ccccc8)c(-c8ccccc8)nc7c5)cc46)c4ccccc4-c4ccccc43)c3nc(-c4ccccc4)c4cc5c(cc4c3c2)C2(c3ccccc3S5)c3ccccc3-c3ccccc32)cc1. The van der Waals surface area contributed by atoms with E-state index in [2.05, 4.69) is 387 Å². The average molecular weight is 1600 g/mol. The minimum atomic E-state index is -0.823. The lowest BCUT2D eigenvalue weighted by Crippen LogP contribution is -2.32. The Labute approximate surface area is 717 Å². The highest BCUT2D eigenvalue weighted by Crippen LogP contribution is 2.66. The van der Waals surface area contributed by atoms with E-state index in [9.17, 15) is 5.26 Å². The number of benzene rings is 18. The van der Waals surface area contributed by atoms with E-state index in [-0.39, 0.29) is 0 Å². The van der Waals surface area contributed by atoms with Gasteiger partial charge in [-0.2, -0.15) is 5.26 Å². The van der Waals surface area contributed by atoms with Crippen LogP contribution in [0, 0.1) is 11.3 Å². The number of aromatic nitrogens is 5. The molecular formula is C115H66N6S2. The number of nitriles is 1. The van der Waals surface area contributed by atoms with Gasteiger partial charge in [0, 0.05) is 85.4 Å². The summed E-state index contributed by atoms with van der Waals surface area (Å²) in [7, 11) is 0. The second-order valence-electron chi connectivity index (χ2n) is 32.8. The Bertz CT molecular complexity index is 8290. The quantitative estimate of drug-likeness (QED) is 0.140. The second-order valence-corrected chi connectivity index (χ2v) is 35.0. The molecule has 0 amide bonds. The first-order valence-corrected chi connectivity index (χ1v) is 43.5. The largest absolute Gasteiger partial charge is 0.309 e. The van der Waals surface area contributed by atoms with E-state index in [1.54, 1.807) is 0 Å². The molecule has 0 saturated carbocycles. The fourth-order valence-electron chi connectivity index (χ4n) is 21.2. The summed E-state index contributed by atoms with van der Waals surface area (Å²) >= 11 is 3.74. The van der Waals surface area contributed by atoms with Gasteiger partial charge in [-0.25, -0.2) is 19.9 Å². The van der Waals surface area contributed by atoms with Gasteiger partial charge in [-0.3, -0.25) is 0 Å². The number of fused-ring (bicyclic) bond motifs is 28. The Morgan fingerprint density at radius 1 is 0.228 bits per heavy atom. The summed E-state index contributed by atoms with van der Waals surface area (Å²) in [5, 5.41) is 18.9. The first-order chi connectivity index (χ1) is 60.9. The van der Waals surface area contributed by atoms with Gasteiger partial charge < -0.3 is 4.57 Å². The van der Waals surface area contributed by atoms with Crippen molar-refractivity contribution in [2.45, 2.75) is 30.4 Å². The molecule has 6 nitrogen and oxygen atoms in total. The van der Waals surface area contributed by atoms with E-state index in [4.69, 9.17) is 19.9 Å². The van der Waals surface area contributed by atoms with Gasteiger partial charge in [0.15, 0.2) is 0 Å². The zero-order valence-electron chi connectivity index (χ0n) is 66.1. The minimum Gasteiger partial charge on any atom is -0.309 e. The first-order valence-electron chi connectivity index (χ1n) is 41.8. The molecule has 6 heterocycles. The van der Waals surface area contributed by atoms with Crippen LogP contribution in [0.2, 0.25) is 0 Å². The molecule has 568 valence electrons. The molecule has 2 spiro atoms. The smallest absolute Gasteiger partial charge is 0.0991 e. The Hall–Kier alpha value is -15.4. The monoisotopic (exact) mass is 1590 g/mol. The zero-order chi connectivity index (χ0) is 80.8. The molecule has 2 aliphatic heterocycles. The molecule has 123 heavy (non-hydrogen) atoms. The van der Waals surface area contributed by atoms with Gasteiger partial charge in [0.05, 0.1) is 78.3 Å². The molecule has 4 aliphatic rings. The van der Waals surface area contributed by atoms with E-state index in [0.29, 0.717) is 5.56 Å². The number of pyridine rings is 2. The third kappa shape index (κ3) is 10.2. The molecule has 0 unspecified atom stereocenters.